The molecule has 0 spiro atoms. The Morgan fingerprint density at radius 1 is 1.18 bits per heavy atom. The van der Waals surface area contributed by atoms with Crippen molar-refractivity contribution < 1.29 is 9.59 Å². The SMILES string of the molecule is CSc1ccc(C[C@@]2(CCC(=O)NCc3cn[nH]c3-c3ccc(Cl)cc3)CCC(=O)N2)cc1. The van der Waals surface area contributed by atoms with Crippen molar-refractivity contribution in [3.8, 4) is 11.3 Å². The molecule has 0 aliphatic carbocycles. The van der Waals surface area contributed by atoms with Crippen molar-refractivity contribution in [3.63, 3.8) is 0 Å². The van der Waals surface area contributed by atoms with Crippen molar-refractivity contribution in [2.75, 3.05) is 6.26 Å². The van der Waals surface area contributed by atoms with E-state index in [1.54, 1.807) is 18.0 Å². The van der Waals surface area contributed by atoms with Crippen LogP contribution in [0.5, 0.6) is 0 Å². The molecule has 2 aromatic carbocycles. The number of carbonyl (C=O) groups excluding carboxylic acids is 2. The van der Waals surface area contributed by atoms with Crippen LogP contribution in [0.1, 0.15) is 36.8 Å². The molecule has 2 amide bonds. The Morgan fingerprint density at radius 2 is 1.94 bits per heavy atom. The highest BCUT2D eigenvalue weighted by Gasteiger charge is 2.37. The zero-order valence-electron chi connectivity index (χ0n) is 18.5. The molecule has 1 atom stereocenters. The Labute approximate surface area is 202 Å². The topological polar surface area (TPSA) is 86.9 Å². The Hall–Kier alpha value is -2.77. The lowest BCUT2D eigenvalue weighted by molar-refractivity contribution is -0.122. The van der Waals surface area contributed by atoms with Gasteiger partial charge in [0.2, 0.25) is 11.8 Å². The van der Waals surface area contributed by atoms with Crippen LogP contribution in [-0.4, -0.2) is 33.8 Å². The molecule has 0 unspecified atom stereocenters. The van der Waals surface area contributed by atoms with Crippen molar-refractivity contribution in [1.29, 1.82) is 0 Å². The first-order valence-electron chi connectivity index (χ1n) is 11.0. The molecule has 0 bridgehead atoms. The molecule has 4 rings (SSSR count). The Kier molecular flexibility index (Phi) is 7.40. The minimum Gasteiger partial charge on any atom is -0.352 e. The van der Waals surface area contributed by atoms with E-state index in [1.807, 2.05) is 30.5 Å². The number of thioether (sulfide) groups is 1. The molecule has 172 valence electrons. The number of amides is 2. The van der Waals surface area contributed by atoms with Gasteiger partial charge < -0.3 is 10.6 Å². The number of nitrogens with one attached hydrogen (secondary N) is 3. The molecule has 1 aliphatic heterocycles. The number of rotatable bonds is 9. The number of hydrogen-bond donors (Lipinski definition) is 3. The van der Waals surface area contributed by atoms with Gasteiger partial charge in [-0.05, 0) is 60.9 Å². The van der Waals surface area contributed by atoms with Crippen LogP contribution in [0.3, 0.4) is 0 Å². The summed E-state index contributed by atoms with van der Waals surface area (Å²) in [7, 11) is 0. The lowest BCUT2D eigenvalue weighted by atomic mass is 9.85. The first-order chi connectivity index (χ1) is 16.0. The fourth-order valence-corrected chi connectivity index (χ4v) is 4.80. The molecule has 6 nitrogen and oxygen atoms in total. The van der Waals surface area contributed by atoms with Gasteiger partial charge in [-0.25, -0.2) is 0 Å². The number of benzene rings is 2. The quantitative estimate of drug-likeness (QED) is 0.384. The second-order valence-electron chi connectivity index (χ2n) is 8.41. The molecule has 1 aromatic heterocycles. The van der Waals surface area contributed by atoms with Crippen LogP contribution < -0.4 is 10.6 Å². The maximum Gasteiger partial charge on any atom is 0.220 e. The highest BCUT2D eigenvalue weighted by molar-refractivity contribution is 7.98. The van der Waals surface area contributed by atoms with E-state index in [9.17, 15) is 9.59 Å². The summed E-state index contributed by atoms with van der Waals surface area (Å²) >= 11 is 7.68. The summed E-state index contributed by atoms with van der Waals surface area (Å²) in [5.41, 5.74) is 3.52. The predicted octanol–water partition coefficient (Wildman–Crippen LogP) is 4.74. The summed E-state index contributed by atoms with van der Waals surface area (Å²) < 4.78 is 0. The second kappa shape index (κ2) is 10.4. The van der Waals surface area contributed by atoms with Crippen molar-refractivity contribution in [3.05, 3.63) is 70.9 Å². The molecule has 3 N–H and O–H groups in total. The summed E-state index contributed by atoms with van der Waals surface area (Å²) in [6, 6.07) is 15.9. The number of halogens is 1. The van der Waals surface area contributed by atoms with E-state index in [0.29, 0.717) is 30.8 Å². The standard InChI is InChI=1S/C25H27ClN4O2S/c1-33-21-8-2-17(3-9-21)14-25(13-11-23(32)29-25)12-10-22(31)27-15-19-16-28-30-24(19)18-4-6-20(26)7-5-18/h2-9,16H,10-15H2,1H3,(H,27,31)(H,28,30)(H,29,32)/t25-/m1/s1. The maximum absolute atomic E-state index is 12.7. The summed E-state index contributed by atoms with van der Waals surface area (Å²) in [6.45, 7) is 0.378. The Morgan fingerprint density at radius 3 is 2.61 bits per heavy atom. The van der Waals surface area contributed by atoms with Crippen molar-refractivity contribution >= 4 is 35.2 Å². The van der Waals surface area contributed by atoms with Crippen molar-refractivity contribution in [2.24, 2.45) is 0 Å². The van der Waals surface area contributed by atoms with E-state index in [-0.39, 0.29) is 17.4 Å². The third kappa shape index (κ3) is 5.97. The van der Waals surface area contributed by atoms with Gasteiger partial charge in [0.15, 0.2) is 0 Å². The maximum atomic E-state index is 12.7. The summed E-state index contributed by atoms with van der Waals surface area (Å²) in [4.78, 5) is 25.9. The lowest BCUT2D eigenvalue weighted by Gasteiger charge is -2.29. The van der Waals surface area contributed by atoms with E-state index in [0.717, 1.165) is 29.7 Å². The van der Waals surface area contributed by atoms with E-state index in [2.05, 4.69) is 45.1 Å². The van der Waals surface area contributed by atoms with Crippen LogP contribution in [0.4, 0.5) is 0 Å². The molecule has 1 aliphatic rings. The van der Waals surface area contributed by atoms with Crippen LogP contribution in [0, 0.1) is 0 Å². The molecule has 8 heteroatoms. The van der Waals surface area contributed by atoms with Gasteiger partial charge >= 0.3 is 0 Å². The number of nitrogens with zero attached hydrogens (tertiary/aromatic N) is 1. The third-order valence-corrected chi connectivity index (χ3v) is 7.09. The number of aromatic amines is 1. The van der Waals surface area contributed by atoms with Gasteiger partial charge in [-0.3, -0.25) is 14.7 Å². The number of hydrogen-bond acceptors (Lipinski definition) is 4. The van der Waals surface area contributed by atoms with Gasteiger partial charge in [-0.2, -0.15) is 5.10 Å². The van der Waals surface area contributed by atoms with E-state index >= 15 is 0 Å². The van der Waals surface area contributed by atoms with Gasteiger partial charge in [0.25, 0.3) is 0 Å². The average molecular weight is 483 g/mol. The average Bonchev–Trinajstić information content (AvgIpc) is 3.44. The summed E-state index contributed by atoms with van der Waals surface area (Å²) in [5, 5.41) is 13.9. The lowest BCUT2D eigenvalue weighted by Crippen LogP contribution is -2.44. The van der Waals surface area contributed by atoms with Crippen LogP contribution in [-0.2, 0) is 22.6 Å². The van der Waals surface area contributed by atoms with Gasteiger partial charge in [0.1, 0.15) is 0 Å². The molecule has 33 heavy (non-hydrogen) atoms. The Bertz CT molecular complexity index is 1110. The van der Waals surface area contributed by atoms with Crippen LogP contribution in [0.25, 0.3) is 11.3 Å². The molecular formula is C25H27ClN4O2S. The fraction of sp³-hybridized carbons (Fsp3) is 0.320. The third-order valence-electron chi connectivity index (χ3n) is 6.09. The minimum atomic E-state index is -0.376. The van der Waals surface area contributed by atoms with E-state index in [1.165, 1.54) is 10.5 Å². The monoisotopic (exact) mass is 482 g/mol. The van der Waals surface area contributed by atoms with E-state index < -0.39 is 0 Å². The zero-order chi connectivity index (χ0) is 23.3. The molecule has 1 saturated heterocycles. The zero-order valence-corrected chi connectivity index (χ0v) is 20.1. The molecular weight excluding hydrogens is 456 g/mol. The number of aromatic nitrogens is 2. The van der Waals surface area contributed by atoms with Gasteiger partial charge in [-0.1, -0.05) is 35.9 Å². The molecule has 1 fully saturated rings. The highest BCUT2D eigenvalue weighted by atomic mass is 35.5. The Balaban J connectivity index is 1.35. The van der Waals surface area contributed by atoms with Crippen LogP contribution >= 0.6 is 23.4 Å². The van der Waals surface area contributed by atoms with Gasteiger partial charge in [0, 0.05) is 40.4 Å². The normalized spacial score (nSPS) is 17.7. The predicted molar refractivity (Wildman–Crippen MR) is 132 cm³/mol. The molecule has 3 aromatic rings. The first kappa shape index (κ1) is 23.4. The summed E-state index contributed by atoms with van der Waals surface area (Å²) in [5.74, 6) is 0.0126. The highest BCUT2D eigenvalue weighted by Crippen LogP contribution is 2.30. The van der Waals surface area contributed by atoms with Gasteiger partial charge in [0.05, 0.1) is 11.9 Å². The number of carbonyl (C=O) groups is 2. The van der Waals surface area contributed by atoms with Gasteiger partial charge in [-0.15, -0.1) is 11.8 Å². The van der Waals surface area contributed by atoms with Crippen molar-refractivity contribution in [1.82, 2.24) is 20.8 Å². The first-order valence-corrected chi connectivity index (χ1v) is 12.6. The van der Waals surface area contributed by atoms with Crippen molar-refractivity contribution in [2.45, 2.75) is 49.1 Å². The smallest absolute Gasteiger partial charge is 0.220 e. The second-order valence-corrected chi connectivity index (χ2v) is 9.72. The molecule has 2 heterocycles. The number of H-pyrrole nitrogens is 1. The largest absolute Gasteiger partial charge is 0.352 e. The van der Waals surface area contributed by atoms with Crippen LogP contribution in [0.2, 0.25) is 5.02 Å². The molecule has 0 saturated carbocycles. The van der Waals surface area contributed by atoms with E-state index in [4.69, 9.17) is 11.6 Å². The molecule has 0 radical (unpaired) electrons. The van der Waals surface area contributed by atoms with Crippen LogP contribution in [0.15, 0.2) is 59.6 Å². The minimum absolute atomic E-state index is 0.0449. The summed E-state index contributed by atoms with van der Waals surface area (Å²) in [6.07, 6.45) is 6.69. The fourth-order valence-electron chi connectivity index (χ4n) is 4.26.